The molecule has 0 aromatic carbocycles. The van der Waals surface area contributed by atoms with Crippen molar-refractivity contribution in [3.8, 4) is 0 Å². The maximum absolute atomic E-state index is 8.87. The third-order valence-corrected chi connectivity index (χ3v) is 4.01. The highest BCUT2D eigenvalue weighted by atomic mass is 32.2. The summed E-state index contributed by atoms with van der Waals surface area (Å²) < 4.78 is 0. The number of hydrogen-bond acceptors (Lipinski definition) is 3. The smallest absolute Gasteiger partial charge is 0.0464 e. The zero-order valence-corrected chi connectivity index (χ0v) is 12.0. The maximum Gasteiger partial charge on any atom is 0.0464 e. The molecule has 0 saturated heterocycles. The van der Waals surface area contributed by atoms with Crippen LogP contribution in [0.3, 0.4) is 0 Å². The third kappa shape index (κ3) is 10.8. The summed E-state index contributed by atoms with van der Waals surface area (Å²) in [5.41, 5.74) is 0. The quantitative estimate of drug-likeness (QED) is 0.551. The Morgan fingerprint density at radius 2 is 2.00 bits per heavy atom. The van der Waals surface area contributed by atoms with Crippen molar-refractivity contribution >= 4 is 11.8 Å². The molecule has 2 nitrogen and oxygen atoms in total. The lowest BCUT2D eigenvalue weighted by molar-refractivity contribution is 0.250. The Hall–Kier alpha value is 0.270. The molecular formula is C13H29NOS. The highest BCUT2D eigenvalue weighted by molar-refractivity contribution is 7.99. The Balaban J connectivity index is 3.14. The van der Waals surface area contributed by atoms with Gasteiger partial charge in [-0.3, -0.25) is 0 Å². The summed E-state index contributed by atoms with van der Waals surface area (Å²) in [6.07, 6.45) is 5.13. The Morgan fingerprint density at radius 3 is 2.62 bits per heavy atom. The lowest BCUT2D eigenvalue weighted by Crippen LogP contribution is -2.26. The molecule has 0 amide bonds. The average Bonchev–Trinajstić information content (AvgIpc) is 2.30. The first kappa shape index (κ1) is 16.3. The first-order valence-corrected chi connectivity index (χ1v) is 7.78. The number of hydrogen-bond donors (Lipinski definition) is 2. The molecule has 0 radical (unpaired) electrons. The molecule has 0 aliphatic heterocycles. The zero-order chi connectivity index (χ0) is 12.2. The Labute approximate surface area is 106 Å². The zero-order valence-electron chi connectivity index (χ0n) is 11.2. The van der Waals surface area contributed by atoms with Gasteiger partial charge < -0.3 is 10.4 Å². The minimum atomic E-state index is 0.324. The molecule has 2 N–H and O–H groups in total. The largest absolute Gasteiger partial charge is 0.396 e. The molecule has 0 heterocycles. The third-order valence-electron chi connectivity index (χ3n) is 2.63. The fourth-order valence-corrected chi connectivity index (χ4v) is 2.57. The first-order chi connectivity index (χ1) is 7.70. The van der Waals surface area contributed by atoms with Crippen LogP contribution in [-0.4, -0.2) is 35.8 Å². The molecule has 2 unspecified atom stereocenters. The normalized spacial score (nSPS) is 15.0. The number of thioether (sulfide) groups is 1. The summed E-state index contributed by atoms with van der Waals surface area (Å²) in [5.74, 6) is 2.79. The van der Waals surface area contributed by atoms with E-state index in [-0.39, 0.29) is 0 Å². The Bertz CT molecular complexity index is 144. The summed E-state index contributed by atoms with van der Waals surface area (Å²) in [6, 6.07) is 0.668. The van der Waals surface area contributed by atoms with Crippen molar-refractivity contribution in [2.24, 2.45) is 5.92 Å². The van der Waals surface area contributed by atoms with Gasteiger partial charge >= 0.3 is 0 Å². The molecule has 0 rings (SSSR count). The number of nitrogens with one attached hydrogen (secondary N) is 1. The predicted molar refractivity (Wildman–Crippen MR) is 75.2 cm³/mol. The maximum atomic E-state index is 8.87. The molecule has 98 valence electrons. The lowest BCUT2D eigenvalue weighted by atomic mass is 10.1. The average molecular weight is 247 g/mol. The van der Waals surface area contributed by atoms with Crippen molar-refractivity contribution in [2.45, 2.75) is 52.5 Å². The van der Waals surface area contributed by atoms with Crippen molar-refractivity contribution in [1.82, 2.24) is 5.32 Å². The summed E-state index contributed by atoms with van der Waals surface area (Å²) in [5, 5.41) is 12.4. The van der Waals surface area contributed by atoms with Crippen LogP contribution in [0.1, 0.15) is 46.5 Å². The summed E-state index contributed by atoms with van der Waals surface area (Å²) in [6.45, 7) is 8.05. The summed E-state index contributed by atoms with van der Waals surface area (Å²) in [7, 11) is 0. The molecule has 0 aromatic heterocycles. The molecule has 0 saturated carbocycles. The van der Waals surface area contributed by atoms with E-state index >= 15 is 0 Å². The van der Waals surface area contributed by atoms with Crippen molar-refractivity contribution in [3.63, 3.8) is 0 Å². The standard InChI is InChI=1S/C13H29NOS/c1-4-8-14-13(3)7-5-6-9-16-11-12(2)10-15/h12-15H,4-11H2,1-3H3. The van der Waals surface area contributed by atoms with Crippen LogP contribution in [0.4, 0.5) is 0 Å². The van der Waals surface area contributed by atoms with Gasteiger partial charge in [-0.25, -0.2) is 0 Å². The molecule has 2 atom stereocenters. The Kier molecular flexibility index (Phi) is 11.9. The van der Waals surface area contributed by atoms with E-state index in [0.717, 1.165) is 12.3 Å². The van der Waals surface area contributed by atoms with Crippen molar-refractivity contribution < 1.29 is 5.11 Å². The second-order valence-corrected chi connectivity index (χ2v) is 5.86. The van der Waals surface area contributed by atoms with Crippen molar-refractivity contribution in [3.05, 3.63) is 0 Å². The van der Waals surface area contributed by atoms with Crippen LogP contribution in [0.15, 0.2) is 0 Å². The van der Waals surface area contributed by atoms with Gasteiger partial charge in [-0.1, -0.05) is 20.3 Å². The van der Waals surface area contributed by atoms with Gasteiger partial charge in [0, 0.05) is 12.6 Å². The molecular weight excluding hydrogens is 218 g/mol. The van der Waals surface area contributed by atoms with Gasteiger partial charge in [0.25, 0.3) is 0 Å². The van der Waals surface area contributed by atoms with Crippen LogP contribution in [0, 0.1) is 5.92 Å². The highest BCUT2D eigenvalue weighted by Gasteiger charge is 2.01. The first-order valence-electron chi connectivity index (χ1n) is 6.62. The molecule has 3 heteroatoms. The molecule has 0 bridgehead atoms. The van der Waals surface area contributed by atoms with Crippen LogP contribution in [0.25, 0.3) is 0 Å². The van der Waals surface area contributed by atoms with Crippen LogP contribution < -0.4 is 5.32 Å². The highest BCUT2D eigenvalue weighted by Crippen LogP contribution is 2.11. The van der Waals surface area contributed by atoms with Crippen LogP contribution in [-0.2, 0) is 0 Å². The number of unbranched alkanes of at least 4 members (excludes halogenated alkanes) is 1. The lowest BCUT2D eigenvalue weighted by Gasteiger charge is -2.12. The van der Waals surface area contributed by atoms with Crippen molar-refractivity contribution in [2.75, 3.05) is 24.7 Å². The fourth-order valence-electron chi connectivity index (χ4n) is 1.48. The van der Waals surface area contributed by atoms with E-state index in [2.05, 4.69) is 26.1 Å². The second kappa shape index (κ2) is 11.7. The van der Waals surface area contributed by atoms with Gasteiger partial charge in [0.2, 0.25) is 0 Å². The molecule has 0 aromatic rings. The number of aliphatic hydroxyl groups excluding tert-OH is 1. The molecule has 16 heavy (non-hydrogen) atoms. The molecule has 0 spiro atoms. The Morgan fingerprint density at radius 1 is 1.25 bits per heavy atom. The van der Waals surface area contributed by atoms with Crippen LogP contribution in [0.5, 0.6) is 0 Å². The van der Waals surface area contributed by atoms with E-state index in [1.165, 1.54) is 31.4 Å². The van der Waals surface area contributed by atoms with E-state index in [0.29, 0.717) is 18.6 Å². The minimum absolute atomic E-state index is 0.324. The monoisotopic (exact) mass is 247 g/mol. The van der Waals surface area contributed by atoms with Gasteiger partial charge in [0.05, 0.1) is 0 Å². The van der Waals surface area contributed by atoms with Crippen molar-refractivity contribution in [1.29, 1.82) is 0 Å². The van der Waals surface area contributed by atoms with Gasteiger partial charge in [0.1, 0.15) is 0 Å². The van der Waals surface area contributed by atoms with Gasteiger partial charge in [0.15, 0.2) is 0 Å². The summed E-state index contributed by atoms with van der Waals surface area (Å²) in [4.78, 5) is 0. The van der Waals surface area contributed by atoms with E-state index in [9.17, 15) is 0 Å². The van der Waals surface area contributed by atoms with Crippen LogP contribution >= 0.6 is 11.8 Å². The fraction of sp³-hybridized carbons (Fsp3) is 1.00. The van der Waals surface area contributed by atoms with E-state index in [1.807, 2.05) is 11.8 Å². The van der Waals surface area contributed by atoms with E-state index in [1.54, 1.807) is 0 Å². The van der Waals surface area contributed by atoms with E-state index in [4.69, 9.17) is 5.11 Å². The topological polar surface area (TPSA) is 32.3 Å². The second-order valence-electron chi connectivity index (χ2n) is 4.71. The number of rotatable bonds is 11. The van der Waals surface area contributed by atoms with Gasteiger partial charge in [-0.15, -0.1) is 0 Å². The summed E-state index contributed by atoms with van der Waals surface area (Å²) >= 11 is 1.98. The minimum Gasteiger partial charge on any atom is -0.396 e. The molecule has 0 fully saturated rings. The van der Waals surface area contributed by atoms with Gasteiger partial charge in [-0.2, -0.15) is 11.8 Å². The SMILES string of the molecule is CCCNC(C)CCCCSCC(C)CO. The van der Waals surface area contributed by atoms with Crippen LogP contribution in [0.2, 0.25) is 0 Å². The molecule has 0 aliphatic carbocycles. The number of aliphatic hydroxyl groups is 1. The van der Waals surface area contributed by atoms with E-state index < -0.39 is 0 Å². The predicted octanol–water partition coefficient (Wildman–Crippen LogP) is 2.91. The molecule has 0 aliphatic rings. The van der Waals surface area contributed by atoms with Gasteiger partial charge in [-0.05, 0) is 50.2 Å².